The summed E-state index contributed by atoms with van der Waals surface area (Å²) in [5.74, 6) is 0. The van der Waals surface area contributed by atoms with E-state index < -0.39 is 10.5 Å². The number of likely N-dealkylation sites (N-methyl/N-ethyl adjacent to an activating group) is 1. The molecule has 0 amide bonds. The molecular formula is C14H17N3O4. The van der Waals surface area contributed by atoms with Crippen molar-refractivity contribution in [2.75, 3.05) is 31.7 Å². The molecule has 1 heterocycles. The van der Waals surface area contributed by atoms with Gasteiger partial charge in [0.25, 0.3) is 5.69 Å². The van der Waals surface area contributed by atoms with Crippen LogP contribution in [-0.4, -0.2) is 42.4 Å². The van der Waals surface area contributed by atoms with Gasteiger partial charge in [0.2, 0.25) is 0 Å². The van der Waals surface area contributed by atoms with Crippen LogP contribution in [0, 0.1) is 21.4 Å². The number of nitro benzene ring substituents is 1. The molecule has 0 unspecified atom stereocenters. The minimum Gasteiger partial charge on any atom is -0.388 e. The van der Waals surface area contributed by atoms with E-state index in [2.05, 4.69) is 0 Å². The lowest BCUT2D eigenvalue weighted by Crippen LogP contribution is -2.45. The van der Waals surface area contributed by atoms with Crippen LogP contribution in [0.5, 0.6) is 0 Å². The van der Waals surface area contributed by atoms with Crippen LogP contribution in [0.25, 0.3) is 0 Å². The number of ether oxygens (including phenoxy) is 1. The number of hydrogen-bond donors (Lipinski definition) is 1. The van der Waals surface area contributed by atoms with Crippen LogP contribution in [0.2, 0.25) is 0 Å². The van der Waals surface area contributed by atoms with Crippen LogP contribution in [0.15, 0.2) is 18.2 Å². The minimum absolute atomic E-state index is 0.117. The first-order valence-electron chi connectivity index (χ1n) is 6.65. The van der Waals surface area contributed by atoms with Gasteiger partial charge in [0.05, 0.1) is 21.8 Å². The summed E-state index contributed by atoms with van der Waals surface area (Å²) in [6, 6.07) is 6.12. The normalized spacial score (nSPS) is 17.0. The summed E-state index contributed by atoms with van der Waals surface area (Å²) in [4.78, 5) is 12.0. The van der Waals surface area contributed by atoms with Gasteiger partial charge in [-0.3, -0.25) is 10.1 Å². The third kappa shape index (κ3) is 3.48. The molecule has 1 aromatic carbocycles. The Hall–Kier alpha value is -2.17. The molecule has 1 N–H and O–H groups in total. The first-order valence-corrected chi connectivity index (χ1v) is 6.65. The lowest BCUT2D eigenvalue weighted by atomic mass is 9.93. The molecule has 2 rings (SSSR count). The third-order valence-corrected chi connectivity index (χ3v) is 3.68. The summed E-state index contributed by atoms with van der Waals surface area (Å²) < 4.78 is 5.23. The second kappa shape index (κ2) is 6.08. The van der Waals surface area contributed by atoms with Crippen molar-refractivity contribution in [3.63, 3.8) is 0 Å². The zero-order chi connectivity index (χ0) is 15.5. The van der Waals surface area contributed by atoms with Crippen molar-refractivity contribution in [2.24, 2.45) is 0 Å². The van der Waals surface area contributed by atoms with Crippen molar-refractivity contribution in [3.05, 3.63) is 33.9 Å². The molecule has 1 saturated heterocycles. The predicted octanol–water partition coefficient (Wildman–Crippen LogP) is 1.44. The Labute approximate surface area is 122 Å². The van der Waals surface area contributed by atoms with Crippen LogP contribution in [0.3, 0.4) is 0 Å². The van der Waals surface area contributed by atoms with E-state index in [0.717, 1.165) is 0 Å². The highest BCUT2D eigenvalue weighted by molar-refractivity contribution is 5.62. The summed E-state index contributed by atoms with van der Waals surface area (Å²) in [5.41, 5.74) is -0.180. The Morgan fingerprint density at radius 3 is 2.76 bits per heavy atom. The largest absolute Gasteiger partial charge is 0.388 e. The predicted molar refractivity (Wildman–Crippen MR) is 76.1 cm³/mol. The molecule has 7 nitrogen and oxygen atoms in total. The molecule has 112 valence electrons. The van der Waals surface area contributed by atoms with Gasteiger partial charge in [0.15, 0.2) is 0 Å². The van der Waals surface area contributed by atoms with Crippen LogP contribution < -0.4 is 4.90 Å². The SMILES string of the molecule is CN(CC1(O)CCOCC1)c1ccc([N+](=O)[O-])cc1C#N. The van der Waals surface area contributed by atoms with Gasteiger partial charge in [-0.15, -0.1) is 0 Å². The fraction of sp³-hybridized carbons (Fsp3) is 0.500. The van der Waals surface area contributed by atoms with Crippen LogP contribution >= 0.6 is 0 Å². The molecule has 0 bridgehead atoms. The van der Waals surface area contributed by atoms with Crippen LogP contribution in [-0.2, 0) is 4.74 Å². The number of non-ortho nitro benzene ring substituents is 1. The number of nitro groups is 1. The molecular weight excluding hydrogens is 274 g/mol. The average Bonchev–Trinajstić information content (AvgIpc) is 2.46. The van der Waals surface area contributed by atoms with E-state index >= 15 is 0 Å². The zero-order valence-electron chi connectivity index (χ0n) is 11.8. The summed E-state index contributed by atoms with van der Waals surface area (Å²) in [6.45, 7) is 1.37. The van der Waals surface area contributed by atoms with E-state index in [1.165, 1.54) is 12.1 Å². The molecule has 1 aliphatic rings. The van der Waals surface area contributed by atoms with Gasteiger partial charge in [-0.05, 0) is 6.07 Å². The second-order valence-electron chi connectivity index (χ2n) is 5.26. The number of nitriles is 1. The molecule has 0 radical (unpaired) electrons. The highest BCUT2D eigenvalue weighted by atomic mass is 16.6. The van der Waals surface area contributed by atoms with Gasteiger partial charge in [-0.2, -0.15) is 5.26 Å². The maximum absolute atomic E-state index is 10.7. The lowest BCUT2D eigenvalue weighted by Gasteiger charge is -2.36. The van der Waals surface area contributed by atoms with E-state index in [1.807, 2.05) is 6.07 Å². The number of rotatable bonds is 4. The van der Waals surface area contributed by atoms with Gasteiger partial charge in [0.1, 0.15) is 6.07 Å². The molecule has 0 aliphatic carbocycles. The van der Waals surface area contributed by atoms with Gasteiger partial charge in [-0.1, -0.05) is 0 Å². The number of nitrogens with zero attached hydrogens (tertiary/aromatic N) is 3. The van der Waals surface area contributed by atoms with Crippen molar-refractivity contribution in [1.29, 1.82) is 5.26 Å². The molecule has 0 spiro atoms. The minimum atomic E-state index is -0.860. The Bertz CT molecular complexity index is 576. The zero-order valence-corrected chi connectivity index (χ0v) is 11.8. The van der Waals surface area contributed by atoms with Crippen LogP contribution in [0.1, 0.15) is 18.4 Å². The number of anilines is 1. The average molecular weight is 291 g/mol. The van der Waals surface area contributed by atoms with Gasteiger partial charge < -0.3 is 14.7 Å². The van der Waals surface area contributed by atoms with Crippen LogP contribution in [0.4, 0.5) is 11.4 Å². The topological polar surface area (TPSA) is 99.6 Å². The Morgan fingerprint density at radius 1 is 1.52 bits per heavy atom. The van der Waals surface area contributed by atoms with Gasteiger partial charge in [-0.25, -0.2) is 0 Å². The van der Waals surface area contributed by atoms with E-state index in [0.29, 0.717) is 38.3 Å². The Balaban J connectivity index is 2.20. The molecule has 1 aliphatic heterocycles. The summed E-state index contributed by atoms with van der Waals surface area (Å²) in [6.07, 6.45) is 1.07. The molecule has 21 heavy (non-hydrogen) atoms. The number of aliphatic hydroxyl groups is 1. The quantitative estimate of drug-likeness (QED) is 0.665. The summed E-state index contributed by atoms with van der Waals surface area (Å²) in [7, 11) is 1.76. The van der Waals surface area contributed by atoms with E-state index in [-0.39, 0.29) is 11.3 Å². The monoisotopic (exact) mass is 291 g/mol. The third-order valence-electron chi connectivity index (χ3n) is 3.68. The highest BCUT2D eigenvalue weighted by Crippen LogP contribution is 2.28. The highest BCUT2D eigenvalue weighted by Gasteiger charge is 2.31. The maximum atomic E-state index is 10.7. The molecule has 1 aromatic rings. The van der Waals surface area contributed by atoms with Crippen molar-refractivity contribution in [1.82, 2.24) is 0 Å². The van der Waals surface area contributed by atoms with Gasteiger partial charge >= 0.3 is 0 Å². The number of hydrogen-bond acceptors (Lipinski definition) is 6. The molecule has 0 aromatic heterocycles. The number of benzene rings is 1. The molecule has 0 saturated carbocycles. The fourth-order valence-corrected chi connectivity index (χ4v) is 2.50. The first kappa shape index (κ1) is 15.2. The molecule has 0 atom stereocenters. The lowest BCUT2D eigenvalue weighted by molar-refractivity contribution is -0.384. The summed E-state index contributed by atoms with van der Waals surface area (Å²) >= 11 is 0. The molecule has 7 heteroatoms. The standard InChI is InChI=1S/C14H17N3O4/c1-16(10-14(18)4-6-21-7-5-14)13-3-2-12(17(19)20)8-11(13)9-15/h2-3,8,18H,4-7,10H2,1H3. The van der Waals surface area contributed by atoms with E-state index in [1.54, 1.807) is 18.0 Å². The van der Waals surface area contributed by atoms with E-state index in [9.17, 15) is 15.2 Å². The first-order chi connectivity index (χ1) is 9.95. The maximum Gasteiger partial charge on any atom is 0.270 e. The Kier molecular flexibility index (Phi) is 4.40. The molecule has 1 fully saturated rings. The van der Waals surface area contributed by atoms with Gasteiger partial charge in [0, 0.05) is 51.8 Å². The van der Waals surface area contributed by atoms with Crippen molar-refractivity contribution in [3.8, 4) is 6.07 Å². The Morgan fingerprint density at radius 2 is 2.19 bits per heavy atom. The van der Waals surface area contributed by atoms with E-state index in [4.69, 9.17) is 10.00 Å². The van der Waals surface area contributed by atoms with Crippen molar-refractivity contribution >= 4 is 11.4 Å². The van der Waals surface area contributed by atoms with Crippen molar-refractivity contribution < 1.29 is 14.8 Å². The second-order valence-corrected chi connectivity index (χ2v) is 5.26. The smallest absolute Gasteiger partial charge is 0.270 e. The fourth-order valence-electron chi connectivity index (χ4n) is 2.50. The van der Waals surface area contributed by atoms with Crippen molar-refractivity contribution in [2.45, 2.75) is 18.4 Å². The summed E-state index contributed by atoms with van der Waals surface area (Å²) in [5, 5.41) is 30.4.